The van der Waals surface area contributed by atoms with Crippen LogP contribution in [0.1, 0.15) is 17.0 Å². The summed E-state index contributed by atoms with van der Waals surface area (Å²) >= 11 is 3.41. The molecule has 0 bridgehead atoms. The molecule has 0 unspecified atom stereocenters. The van der Waals surface area contributed by atoms with E-state index in [1.807, 2.05) is 29.0 Å². The Labute approximate surface area is 214 Å². The molecule has 1 aliphatic rings. The molecule has 0 spiro atoms. The first-order valence-corrected chi connectivity index (χ1v) is 13.1. The number of hydrogen-bond donors (Lipinski definition) is 1. The van der Waals surface area contributed by atoms with Gasteiger partial charge in [0.05, 0.1) is 11.4 Å². The highest BCUT2D eigenvalue weighted by Gasteiger charge is 2.35. The van der Waals surface area contributed by atoms with Gasteiger partial charge in [-0.15, -0.1) is 0 Å². The Morgan fingerprint density at radius 2 is 1.81 bits per heavy atom. The lowest BCUT2D eigenvalue weighted by molar-refractivity contribution is -0.117. The van der Waals surface area contributed by atoms with Gasteiger partial charge in [-0.1, -0.05) is 34.1 Å². The van der Waals surface area contributed by atoms with Gasteiger partial charge in [-0.3, -0.25) is 4.79 Å². The molecular weight excluding hydrogens is 554 g/mol. The number of imidazole rings is 1. The van der Waals surface area contributed by atoms with Crippen LogP contribution >= 0.6 is 15.9 Å². The first-order valence-electron chi connectivity index (χ1n) is 10.8. The zero-order valence-electron chi connectivity index (χ0n) is 18.9. The Balaban J connectivity index is 1.64. The second-order valence-electron chi connectivity index (χ2n) is 8.35. The molecule has 7 nitrogen and oxygen atoms in total. The zero-order valence-corrected chi connectivity index (χ0v) is 21.3. The van der Waals surface area contributed by atoms with Gasteiger partial charge in [-0.25, -0.2) is 22.8 Å². The molecule has 0 atom stereocenters. The van der Waals surface area contributed by atoms with Crippen molar-refractivity contribution in [1.29, 1.82) is 0 Å². The highest BCUT2D eigenvalue weighted by molar-refractivity contribution is 9.10. The van der Waals surface area contributed by atoms with E-state index in [2.05, 4.69) is 20.9 Å². The molecule has 0 aliphatic carbocycles. The summed E-state index contributed by atoms with van der Waals surface area (Å²) in [5.74, 6) is -1.49. The van der Waals surface area contributed by atoms with Crippen molar-refractivity contribution in [1.82, 2.24) is 14.3 Å². The summed E-state index contributed by atoms with van der Waals surface area (Å²) in [5.41, 5.74) is 2.93. The van der Waals surface area contributed by atoms with Crippen molar-refractivity contribution in [2.24, 2.45) is 0 Å². The van der Waals surface area contributed by atoms with Crippen LogP contribution in [0, 0.1) is 18.6 Å². The van der Waals surface area contributed by atoms with Crippen molar-refractivity contribution in [3.8, 4) is 16.9 Å². The van der Waals surface area contributed by atoms with Gasteiger partial charge in [0.15, 0.2) is 0 Å². The molecule has 5 rings (SSSR count). The van der Waals surface area contributed by atoms with Crippen molar-refractivity contribution in [2.45, 2.75) is 13.3 Å². The second kappa shape index (κ2) is 9.14. The number of carbonyl (C=O) groups is 1. The summed E-state index contributed by atoms with van der Waals surface area (Å²) < 4.78 is 58.7. The number of carbonyl (C=O) groups excluding carboxylic acids is 1. The summed E-state index contributed by atoms with van der Waals surface area (Å²) in [7, 11) is -4.00. The Kier molecular flexibility index (Phi) is 6.13. The van der Waals surface area contributed by atoms with Crippen LogP contribution in [0.25, 0.3) is 16.9 Å². The Hall–Kier alpha value is -3.57. The van der Waals surface area contributed by atoms with Crippen LogP contribution in [0.4, 0.5) is 14.5 Å². The van der Waals surface area contributed by atoms with E-state index < -0.39 is 27.8 Å². The normalized spacial score (nSPS) is 14.8. The zero-order chi connectivity index (χ0) is 25.6. The summed E-state index contributed by atoms with van der Waals surface area (Å²) in [6.07, 6.45) is 2.02. The Bertz CT molecular complexity index is 1600. The van der Waals surface area contributed by atoms with E-state index in [9.17, 15) is 22.0 Å². The van der Waals surface area contributed by atoms with Gasteiger partial charge in [0, 0.05) is 34.4 Å². The topological polar surface area (TPSA) is 84.3 Å². The molecular formula is C25H19BrF2N4O3S. The van der Waals surface area contributed by atoms with E-state index in [0.717, 1.165) is 26.5 Å². The summed E-state index contributed by atoms with van der Waals surface area (Å²) in [4.78, 5) is 16.4. The number of aryl methyl sites for hydroxylation is 1. The highest BCUT2D eigenvalue weighted by Crippen LogP contribution is 2.31. The summed E-state index contributed by atoms with van der Waals surface area (Å²) in [6, 6.07) is 16.1. The number of rotatable bonds is 5. The molecule has 1 aliphatic heterocycles. The van der Waals surface area contributed by atoms with Gasteiger partial charge in [0.25, 0.3) is 5.91 Å². The van der Waals surface area contributed by atoms with Crippen LogP contribution in [0.15, 0.2) is 71.3 Å². The molecule has 1 amide bonds. The van der Waals surface area contributed by atoms with Crippen LogP contribution in [-0.4, -0.2) is 30.4 Å². The predicted octanol–water partition coefficient (Wildman–Crippen LogP) is 4.66. The summed E-state index contributed by atoms with van der Waals surface area (Å²) in [5, 5.41) is 0. The first kappa shape index (κ1) is 24.1. The predicted molar refractivity (Wildman–Crippen MR) is 135 cm³/mol. The second-order valence-corrected chi connectivity index (χ2v) is 10.9. The molecule has 1 N–H and O–H groups in total. The van der Waals surface area contributed by atoms with Crippen molar-refractivity contribution < 1.29 is 22.0 Å². The highest BCUT2D eigenvalue weighted by atomic mass is 79.9. The van der Waals surface area contributed by atoms with Crippen LogP contribution in [-0.2, 0) is 21.4 Å². The lowest BCUT2D eigenvalue weighted by atomic mass is 10.1. The minimum absolute atomic E-state index is 0.136. The van der Waals surface area contributed by atoms with E-state index >= 15 is 0 Å². The number of aromatic nitrogens is 2. The third-order valence-corrected chi connectivity index (χ3v) is 7.74. The van der Waals surface area contributed by atoms with Crippen molar-refractivity contribution in [3.63, 3.8) is 0 Å². The minimum atomic E-state index is -4.00. The van der Waals surface area contributed by atoms with Crippen LogP contribution in [0.5, 0.6) is 0 Å². The maximum Gasteiger partial charge on any atom is 0.326 e. The fraction of sp³-hybridized carbons (Fsp3) is 0.120. The number of amides is 1. The van der Waals surface area contributed by atoms with E-state index in [4.69, 9.17) is 0 Å². The van der Waals surface area contributed by atoms with Gasteiger partial charge in [-0.2, -0.15) is 8.42 Å². The average Bonchev–Trinajstić information content (AvgIpc) is 3.34. The first-order chi connectivity index (χ1) is 17.1. The van der Waals surface area contributed by atoms with Gasteiger partial charge in [-0.05, 0) is 54.4 Å². The lowest BCUT2D eigenvalue weighted by Crippen LogP contribution is -2.30. The van der Waals surface area contributed by atoms with E-state index in [0.29, 0.717) is 34.9 Å². The fourth-order valence-electron chi connectivity index (χ4n) is 4.06. The fourth-order valence-corrected chi connectivity index (χ4v) is 5.53. The summed E-state index contributed by atoms with van der Waals surface area (Å²) in [6.45, 7) is 1.42. The molecule has 4 aromatic rings. The molecule has 2 heterocycles. The minimum Gasteiger partial charge on any atom is -0.303 e. The maximum absolute atomic E-state index is 14.6. The third-order valence-electron chi connectivity index (χ3n) is 5.82. The number of hydrogen-bond acceptors (Lipinski definition) is 4. The van der Waals surface area contributed by atoms with E-state index in [-0.39, 0.29) is 12.1 Å². The van der Waals surface area contributed by atoms with Gasteiger partial charge >= 0.3 is 10.2 Å². The number of nitrogens with one attached hydrogen (secondary N) is 1. The van der Waals surface area contributed by atoms with Crippen molar-refractivity contribution in [2.75, 3.05) is 10.8 Å². The molecule has 0 radical (unpaired) electrons. The quantitative estimate of drug-likeness (QED) is 0.377. The monoisotopic (exact) mass is 572 g/mol. The molecule has 1 saturated heterocycles. The van der Waals surface area contributed by atoms with Gasteiger partial charge < -0.3 is 4.57 Å². The molecule has 1 fully saturated rings. The number of halogens is 3. The van der Waals surface area contributed by atoms with Gasteiger partial charge in [0.1, 0.15) is 24.0 Å². The molecule has 184 valence electrons. The Morgan fingerprint density at radius 3 is 2.47 bits per heavy atom. The third kappa shape index (κ3) is 4.63. The largest absolute Gasteiger partial charge is 0.326 e. The van der Waals surface area contributed by atoms with Crippen LogP contribution in [0.2, 0.25) is 0 Å². The smallest absolute Gasteiger partial charge is 0.303 e. The number of benzene rings is 3. The van der Waals surface area contributed by atoms with Crippen LogP contribution in [0.3, 0.4) is 0 Å². The maximum atomic E-state index is 14.6. The molecule has 11 heteroatoms. The lowest BCUT2D eigenvalue weighted by Gasteiger charge is -2.19. The van der Waals surface area contributed by atoms with Gasteiger partial charge in [0.2, 0.25) is 0 Å². The molecule has 1 aromatic heterocycles. The van der Waals surface area contributed by atoms with E-state index in [1.165, 1.54) is 6.07 Å². The Morgan fingerprint density at radius 1 is 1.06 bits per heavy atom. The standard InChI is InChI=1S/C25H19BrF2N4O3S/c1-15-2-8-19(12-23(15)32-14-25(33)30-36(32,34)35)31-13-22(20-9-7-18(27)11-21(20)28)29-24(31)10-16-3-5-17(26)6-4-16/h2-9,11-13H,10,14H2,1H3,(H,30,33). The van der Waals surface area contributed by atoms with E-state index in [1.54, 1.807) is 35.9 Å². The van der Waals surface area contributed by atoms with Crippen molar-refractivity contribution in [3.05, 3.63) is 99.9 Å². The molecule has 3 aromatic carbocycles. The van der Waals surface area contributed by atoms with Crippen molar-refractivity contribution >= 4 is 37.7 Å². The average molecular weight is 573 g/mol. The molecule has 0 saturated carbocycles. The number of anilines is 1. The molecule has 36 heavy (non-hydrogen) atoms. The SMILES string of the molecule is Cc1ccc(-n2cc(-c3ccc(F)cc3F)nc2Cc2ccc(Br)cc2)cc1N1CC(=O)NS1(=O)=O. The van der Waals surface area contributed by atoms with Crippen LogP contribution < -0.4 is 9.03 Å². The number of nitrogens with zero attached hydrogens (tertiary/aromatic N) is 3.